The van der Waals surface area contributed by atoms with Gasteiger partial charge in [0.25, 0.3) is 0 Å². The van der Waals surface area contributed by atoms with E-state index in [1.54, 1.807) is 37.3 Å². The Morgan fingerprint density at radius 1 is 1.03 bits per heavy atom. The van der Waals surface area contributed by atoms with Crippen molar-refractivity contribution < 1.29 is 28.0 Å². The van der Waals surface area contributed by atoms with Crippen LogP contribution in [-0.4, -0.2) is 30.9 Å². The summed E-state index contributed by atoms with van der Waals surface area (Å²) in [5.41, 5.74) is 0.356. The van der Waals surface area contributed by atoms with E-state index in [1.807, 2.05) is 39.8 Å². The first-order chi connectivity index (χ1) is 14.6. The van der Waals surface area contributed by atoms with Gasteiger partial charge >= 0.3 is 13.1 Å². The first-order valence-electron chi connectivity index (χ1n) is 10.6. The minimum absolute atomic E-state index is 0.134. The number of carbonyl (C=O) groups is 1. The fraction of sp³-hybridized carbons (Fsp3) is 0.458. The normalized spacial score (nSPS) is 17.9. The number of rotatable bonds is 8. The standard InChI is InChI=1S/C24H30BFO5/c1-6-28-22(27)15-20(25-30-23(2,3)24(4,5)31-25)17-11-13-19(14-12-17)29-16-18-9-7-8-10-21(18)26/h7-14,20H,6,15-16H2,1-5H3. The van der Waals surface area contributed by atoms with Crippen LogP contribution in [0.15, 0.2) is 48.5 Å². The summed E-state index contributed by atoms with van der Waals surface area (Å²) < 4.78 is 37.1. The molecular weight excluding hydrogens is 398 g/mol. The first kappa shape index (κ1) is 23.3. The van der Waals surface area contributed by atoms with Gasteiger partial charge in [-0.2, -0.15) is 0 Å². The van der Waals surface area contributed by atoms with Crippen LogP contribution in [0.3, 0.4) is 0 Å². The maximum atomic E-state index is 13.8. The van der Waals surface area contributed by atoms with Crippen LogP contribution < -0.4 is 4.74 Å². The highest BCUT2D eigenvalue weighted by molar-refractivity contribution is 6.48. The summed E-state index contributed by atoms with van der Waals surface area (Å²) in [6.07, 6.45) is 0.139. The third kappa shape index (κ3) is 5.46. The summed E-state index contributed by atoms with van der Waals surface area (Å²) in [6, 6.07) is 13.9. The topological polar surface area (TPSA) is 54.0 Å². The van der Waals surface area contributed by atoms with Crippen LogP contribution in [0, 0.1) is 5.82 Å². The number of esters is 1. The largest absolute Gasteiger partial charge is 0.489 e. The van der Waals surface area contributed by atoms with Crippen molar-refractivity contribution in [2.24, 2.45) is 0 Å². The van der Waals surface area contributed by atoms with E-state index in [9.17, 15) is 9.18 Å². The number of carbonyl (C=O) groups excluding carboxylic acids is 1. The third-order valence-electron chi connectivity index (χ3n) is 5.95. The van der Waals surface area contributed by atoms with Crippen molar-refractivity contribution in [2.45, 2.75) is 64.7 Å². The lowest BCUT2D eigenvalue weighted by Gasteiger charge is -2.32. The molecule has 0 spiro atoms. The van der Waals surface area contributed by atoms with Gasteiger partial charge in [-0.15, -0.1) is 0 Å². The highest BCUT2D eigenvalue weighted by Gasteiger charge is 2.54. The van der Waals surface area contributed by atoms with E-state index in [0.29, 0.717) is 17.9 Å². The SMILES string of the molecule is CCOC(=O)CC(B1OC(C)(C)C(C)(C)O1)c1ccc(OCc2ccccc2F)cc1. The summed E-state index contributed by atoms with van der Waals surface area (Å²) in [5, 5.41) is 0. The van der Waals surface area contributed by atoms with Crippen molar-refractivity contribution >= 4 is 13.1 Å². The summed E-state index contributed by atoms with van der Waals surface area (Å²) in [5.74, 6) is -0.326. The van der Waals surface area contributed by atoms with Crippen LogP contribution in [0.1, 0.15) is 58.0 Å². The van der Waals surface area contributed by atoms with Crippen LogP contribution in [0.4, 0.5) is 4.39 Å². The monoisotopic (exact) mass is 428 g/mol. The fourth-order valence-electron chi connectivity index (χ4n) is 3.41. The van der Waals surface area contributed by atoms with E-state index < -0.39 is 18.3 Å². The molecule has 1 fully saturated rings. The van der Waals surface area contributed by atoms with Gasteiger partial charge in [-0.25, -0.2) is 4.39 Å². The number of benzene rings is 2. The molecule has 0 bridgehead atoms. The maximum Gasteiger partial charge on any atom is 0.466 e. The smallest absolute Gasteiger partial charge is 0.466 e. The van der Waals surface area contributed by atoms with Gasteiger partial charge in [0, 0.05) is 11.4 Å². The molecule has 1 heterocycles. The molecule has 31 heavy (non-hydrogen) atoms. The third-order valence-corrected chi connectivity index (χ3v) is 5.95. The van der Waals surface area contributed by atoms with Crippen LogP contribution >= 0.6 is 0 Å². The molecule has 0 radical (unpaired) electrons. The second-order valence-corrected chi connectivity index (χ2v) is 8.69. The number of ether oxygens (including phenoxy) is 2. The quantitative estimate of drug-likeness (QED) is 0.434. The molecule has 0 N–H and O–H groups in total. The zero-order valence-electron chi connectivity index (χ0n) is 18.8. The van der Waals surface area contributed by atoms with Crippen LogP contribution in [-0.2, 0) is 25.4 Å². The van der Waals surface area contributed by atoms with Gasteiger partial charge in [0.2, 0.25) is 0 Å². The number of halogens is 1. The second-order valence-electron chi connectivity index (χ2n) is 8.69. The Morgan fingerprint density at radius 2 is 1.65 bits per heavy atom. The highest BCUT2D eigenvalue weighted by Crippen LogP contribution is 2.42. The molecule has 7 heteroatoms. The lowest BCUT2D eigenvalue weighted by molar-refractivity contribution is -0.143. The maximum absolute atomic E-state index is 13.8. The van der Waals surface area contributed by atoms with E-state index in [1.165, 1.54) is 6.07 Å². The molecular formula is C24H30BFO5. The van der Waals surface area contributed by atoms with Gasteiger partial charge in [0.05, 0.1) is 24.2 Å². The van der Waals surface area contributed by atoms with Gasteiger partial charge in [-0.1, -0.05) is 30.3 Å². The Labute approximate surface area is 184 Å². The molecule has 1 aliphatic heterocycles. The van der Waals surface area contributed by atoms with Gasteiger partial charge in [0.15, 0.2) is 0 Å². The molecule has 5 nitrogen and oxygen atoms in total. The van der Waals surface area contributed by atoms with Crippen molar-refractivity contribution in [1.29, 1.82) is 0 Å². The van der Waals surface area contributed by atoms with Crippen molar-refractivity contribution in [3.05, 3.63) is 65.5 Å². The highest BCUT2D eigenvalue weighted by atomic mass is 19.1. The van der Waals surface area contributed by atoms with Crippen LogP contribution in [0.2, 0.25) is 0 Å². The average Bonchev–Trinajstić information content (AvgIpc) is 2.93. The molecule has 1 aliphatic rings. The van der Waals surface area contributed by atoms with Gasteiger partial charge in [-0.05, 0) is 58.4 Å². The molecule has 0 aromatic heterocycles. The summed E-state index contributed by atoms with van der Waals surface area (Å²) in [4.78, 5) is 12.3. The summed E-state index contributed by atoms with van der Waals surface area (Å²) in [7, 11) is -0.584. The zero-order chi connectivity index (χ0) is 22.6. The summed E-state index contributed by atoms with van der Waals surface area (Å²) in [6.45, 7) is 10.2. The summed E-state index contributed by atoms with van der Waals surface area (Å²) >= 11 is 0. The Morgan fingerprint density at radius 3 is 2.23 bits per heavy atom. The number of hydrogen-bond acceptors (Lipinski definition) is 5. The molecule has 166 valence electrons. The first-order valence-corrected chi connectivity index (χ1v) is 10.6. The molecule has 1 unspecified atom stereocenters. The van der Waals surface area contributed by atoms with E-state index in [2.05, 4.69) is 0 Å². The lowest BCUT2D eigenvalue weighted by atomic mass is 9.66. The number of hydrogen-bond donors (Lipinski definition) is 0. The zero-order valence-corrected chi connectivity index (χ0v) is 18.8. The van der Waals surface area contributed by atoms with E-state index in [-0.39, 0.29) is 30.6 Å². The Hall–Kier alpha value is -2.38. The lowest BCUT2D eigenvalue weighted by Crippen LogP contribution is -2.41. The van der Waals surface area contributed by atoms with Crippen LogP contribution in [0.25, 0.3) is 0 Å². The van der Waals surface area contributed by atoms with E-state index in [0.717, 1.165) is 5.56 Å². The minimum Gasteiger partial charge on any atom is -0.489 e. The van der Waals surface area contributed by atoms with Crippen molar-refractivity contribution in [1.82, 2.24) is 0 Å². The van der Waals surface area contributed by atoms with Gasteiger partial charge in [-0.3, -0.25) is 4.79 Å². The predicted octanol–water partition coefficient (Wildman–Crippen LogP) is 5.07. The molecule has 2 aromatic carbocycles. The Balaban J connectivity index is 1.76. The molecule has 0 amide bonds. The molecule has 2 aromatic rings. The van der Waals surface area contributed by atoms with Crippen LogP contribution in [0.5, 0.6) is 5.75 Å². The molecule has 3 rings (SSSR count). The van der Waals surface area contributed by atoms with Crippen molar-refractivity contribution in [3.8, 4) is 5.75 Å². The molecule has 1 saturated heterocycles. The van der Waals surface area contributed by atoms with Crippen molar-refractivity contribution in [2.75, 3.05) is 6.61 Å². The Kier molecular flexibility index (Phi) is 7.07. The van der Waals surface area contributed by atoms with E-state index >= 15 is 0 Å². The predicted molar refractivity (Wildman–Crippen MR) is 117 cm³/mol. The molecule has 1 atom stereocenters. The molecule has 0 saturated carbocycles. The van der Waals surface area contributed by atoms with E-state index in [4.69, 9.17) is 18.8 Å². The minimum atomic E-state index is -0.584. The van der Waals surface area contributed by atoms with Gasteiger partial charge < -0.3 is 18.8 Å². The van der Waals surface area contributed by atoms with Gasteiger partial charge in [0.1, 0.15) is 18.2 Å². The average molecular weight is 428 g/mol. The Bertz CT molecular complexity index is 881. The second kappa shape index (κ2) is 9.41. The van der Waals surface area contributed by atoms with Crippen molar-refractivity contribution in [3.63, 3.8) is 0 Å². The fourth-order valence-corrected chi connectivity index (χ4v) is 3.41. The molecule has 0 aliphatic carbocycles.